The van der Waals surface area contributed by atoms with Crippen LogP contribution in [-0.4, -0.2) is 27.0 Å². The van der Waals surface area contributed by atoms with Gasteiger partial charge in [-0.3, -0.25) is 0 Å². The molecule has 0 bridgehead atoms. The molecule has 0 aromatic heterocycles. The normalized spacial score (nSPS) is 2.67. The van der Waals surface area contributed by atoms with Gasteiger partial charge in [-0.05, 0) is 0 Å². The van der Waals surface area contributed by atoms with Crippen LogP contribution in [0.3, 0.4) is 0 Å². The molecule has 0 aromatic rings. The summed E-state index contributed by atoms with van der Waals surface area (Å²) in [6.45, 7) is 0. The first kappa shape index (κ1) is 65.8. The van der Waals surface area contributed by atoms with Crippen molar-refractivity contribution in [3.8, 4) is 0 Å². The molecule has 8 N–H and O–H groups in total. The van der Waals surface area contributed by atoms with Gasteiger partial charge in [-0.15, -0.1) is 0 Å². The molecule has 0 atom stereocenters. The van der Waals surface area contributed by atoms with Gasteiger partial charge in [-0.1, -0.05) is 0 Å². The summed E-state index contributed by atoms with van der Waals surface area (Å²) in [4.78, 5) is 8.25. The average Bonchev–Trinajstić information content (AvgIpc) is 0.811. The van der Waals surface area contributed by atoms with Crippen LogP contribution in [0.15, 0.2) is 0 Å². The minimum Gasteiger partial charge on any atom is -0.412 e. The van der Waals surface area contributed by atoms with Crippen molar-refractivity contribution in [3.63, 3.8) is 0 Å². The van der Waals surface area contributed by atoms with Crippen molar-refractivity contribution in [2.45, 2.75) is 0 Å². The molecule has 0 unspecified atom stereocenters. The standard InChI is InChI=1S/NO3.4H2O.Sc/c2-1(3)4;;;;;/h;4*1H2;/q-1;;;;;+3. The predicted molar refractivity (Wildman–Crippen MR) is 24.8 cm³/mol. The van der Waals surface area contributed by atoms with Gasteiger partial charge in [0.15, 0.2) is 0 Å². The zero-order chi connectivity index (χ0) is 3.58. The molecule has 0 radical (unpaired) electrons. The molecule has 0 saturated heterocycles. The molecule has 0 aliphatic heterocycles. The van der Waals surface area contributed by atoms with Gasteiger partial charge in [0.2, 0.25) is 0 Å². The van der Waals surface area contributed by atoms with Crippen LogP contribution in [-0.2, 0) is 25.8 Å². The molecule has 9 heteroatoms. The summed E-state index contributed by atoms with van der Waals surface area (Å²) in [6.07, 6.45) is 0. The Bertz CT molecular complexity index is 31.9. The van der Waals surface area contributed by atoms with Crippen LogP contribution in [0.2, 0.25) is 0 Å². The van der Waals surface area contributed by atoms with E-state index in [2.05, 4.69) is 0 Å². The molecule has 0 aliphatic carbocycles. The fourth-order valence-electron chi connectivity index (χ4n) is 0. The van der Waals surface area contributed by atoms with Crippen molar-refractivity contribution in [1.82, 2.24) is 0 Å². The fraction of sp³-hybridized carbons (Fsp3) is 0. The maximum atomic E-state index is 8.25. The smallest absolute Gasteiger partial charge is 0.412 e. The van der Waals surface area contributed by atoms with Gasteiger partial charge in [-0.2, -0.15) is 0 Å². The van der Waals surface area contributed by atoms with E-state index < -0.39 is 5.09 Å². The van der Waals surface area contributed by atoms with Crippen molar-refractivity contribution in [2.75, 3.05) is 0 Å². The van der Waals surface area contributed by atoms with Crippen molar-refractivity contribution in [2.24, 2.45) is 0 Å². The molecule has 8 nitrogen and oxygen atoms in total. The molecule has 0 heterocycles. The molecule has 0 amide bonds. The van der Waals surface area contributed by atoms with Crippen molar-refractivity contribution < 1.29 is 52.8 Å². The number of hydrogen-bond donors (Lipinski definition) is 0. The molecular formula is H8NO7Sc+2. The zero-order valence-corrected chi connectivity index (χ0v) is 6.05. The Kier molecular flexibility index (Phi) is 326. The summed E-state index contributed by atoms with van der Waals surface area (Å²) in [6, 6.07) is 0. The van der Waals surface area contributed by atoms with E-state index in [9.17, 15) is 0 Å². The molecule has 9 heavy (non-hydrogen) atoms. The van der Waals surface area contributed by atoms with Crippen LogP contribution in [0.25, 0.3) is 0 Å². The van der Waals surface area contributed by atoms with Gasteiger partial charge in [0.1, 0.15) is 0 Å². The van der Waals surface area contributed by atoms with E-state index in [1.54, 1.807) is 0 Å². The van der Waals surface area contributed by atoms with Crippen LogP contribution >= 0.6 is 0 Å². The van der Waals surface area contributed by atoms with Crippen LogP contribution in [0.1, 0.15) is 0 Å². The minimum absolute atomic E-state index is 0. The molecule has 0 aliphatic rings. The Morgan fingerprint density at radius 1 is 0.889 bits per heavy atom. The fourth-order valence-corrected chi connectivity index (χ4v) is 0. The summed E-state index contributed by atoms with van der Waals surface area (Å²) < 4.78 is 0. The summed E-state index contributed by atoms with van der Waals surface area (Å²) in [7, 11) is 0. The van der Waals surface area contributed by atoms with E-state index >= 15 is 0 Å². The van der Waals surface area contributed by atoms with E-state index in [-0.39, 0.29) is 47.7 Å². The summed E-state index contributed by atoms with van der Waals surface area (Å²) in [5, 5.41) is 14.8. The average molecular weight is 179 g/mol. The third kappa shape index (κ3) is 34200. The van der Waals surface area contributed by atoms with Gasteiger partial charge in [-0.25, -0.2) is 0 Å². The second-order valence-corrected chi connectivity index (χ2v) is 0.224. The summed E-state index contributed by atoms with van der Waals surface area (Å²) >= 11 is 0. The minimum atomic E-state index is -1.75. The van der Waals surface area contributed by atoms with Crippen LogP contribution in [0, 0.1) is 15.3 Å². The number of hydrogen-bond acceptors (Lipinski definition) is 3. The Labute approximate surface area is 68.6 Å². The van der Waals surface area contributed by atoms with E-state index in [4.69, 9.17) is 15.3 Å². The molecule has 0 fully saturated rings. The largest absolute Gasteiger partial charge is 3.00 e. The van der Waals surface area contributed by atoms with Crippen molar-refractivity contribution >= 4 is 0 Å². The van der Waals surface area contributed by atoms with Gasteiger partial charge in [0.05, 0.1) is 5.09 Å². The molecule has 0 aromatic carbocycles. The Morgan fingerprint density at radius 2 is 0.889 bits per heavy atom. The number of nitrogens with zero attached hydrogens (tertiary/aromatic N) is 1. The Balaban J connectivity index is -0.00000000450. The summed E-state index contributed by atoms with van der Waals surface area (Å²) in [5.74, 6) is 0. The predicted octanol–water partition coefficient (Wildman–Crippen LogP) is -3.54. The third-order valence-corrected chi connectivity index (χ3v) is 0. The Morgan fingerprint density at radius 3 is 0.889 bits per heavy atom. The van der Waals surface area contributed by atoms with E-state index in [1.165, 1.54) is 0 Å². The zero-order valence-electron chi connectivity index (χ0n) is 4.25. The topological polar surface area (TPSA) is 192 Å². The summed E-state index contributed by atoms with van der Waals surface area (Å²) in [5.41, 5.74) is 0. The SMILES string of the molecule is O.O.O.O.O=[N+]([O-])[O-].[Sc+3]. The van der Waals surface area contributed by atoms with E-state index in [0.717, 1.165) is 0 Å². The van der Waals surface area contributed by atoms with Crippen molar-refractivity contribution in [3.05, 3.63) is 15.3 Å². The second kappa shape index (κ2) is 44.6. The van der Waals surface area contributed by atoms with Crippen LogP contribution in [0.5, 0.6) is 0 Å². The van der Waals surface area contributed by atoms with E-state index in [1.807, 2.05) is 0 Å². The van der Waals surface area contributed by atoms with Crippen LogP contribution in [0.4, 0.5) is 0 Å². The first-order valence-electron chi connectivity index (χ1n) is 0.548. The van der Waals surface area contributed by atoms with Gasteiger partial charge in [0, 0.05) is 0 Å². The second-order valence-electron chi connectivity index (χ2n) is 0.224. The number of rotatable bonds is 0. The molecule has 56 valence electrons. The van der Waals surface area contributed by atoms with Gasteiger partial charge in [0.25, 0.3) is 0 Å². The Hall–Kier alpha value is -0.0899. The first-order chi connectivity index (χ1) is 1.73. The van der Waals surface area contributed by atoms with E-state index in [0.29, 0.717) is 0 Å². The first-order valence-corrected chi connectivity index (χ1v) is 0.548. The maximum absolute atomic E-state index is 8.25. The third-order valence-electron chi connectivity index (χ3n) is 0. The molecule has 0 rings (SSSR count). The van der Waals surface area contributed by atoms with Crippen LogP contribution < -0.4 is 0 Å². The van der Waals surface area contributed by atoms with Gasteiger partial charge >= 0.3 is 25.8 Å². The van der Waals surface area contributed by atoms with Crippen molar-refractivity contribution in [1.29, 1.82) is 0 Å². The molecule has 0 spiro atoms. The maximum Gasteiger partial charge on any atom is 3.00 e. The van der Waals surface area contributed by atoms with Gasteiger partial charge < -0.3 is 37.2 Å². The monoisotopic (exact) mass is 179 g/mol. The molecular weight excluding hydrogens is 171 g/mol. The molecule has 0 saturated carbocycles. The quantitative estimate of drug-likeness (QED) is 0.275.